The number of carbonyl (C=O) groups excluding carboxylic acids is 1. The van der Waals surface area contributed by atoms with E-state index in [1.807, 2.05) is 6.08 Å². The fourth-order valence-electron chi connectivity index (χ4n) is 2.42. The van der Waals surface area contributed by atoms with Gasteiger partial charge in [-0.25, -0.2) is 0 Å². The molecule has 1 aliphatic rings. The average molecular weight is 309 g/mol. The van der Waals surface area contributed by atoms with Crippen molar-refractivity contribution in [1.29, 1.82) is 0 Å². The Morgan fingerprint density at radius 2 is 1.87 bits per heavy atom. The number of phenolic OH excluding ortho intramolecular Hbond substituents is 1. The van der Waals surface area contributed by atoms with Gasteiger partial charge in [0.2, 0.25) is 0 Å². The van der Waals surface area contributed by atoms with Crippen molar-refractivity contribution >= 4 is 17.4 Å². The predicted molar refractivity (Wildman–Crippen MR) is 87.3 cm³/mol. The van der Waals surface area contributed by atoms with Gasteiger partial charge in [-0.15, -0.1) is 0 Å². The number of fused-ring (bicyclic) bond motifs is 1. The first-order valence-electron chi connectivity index (χ1n) is 6.95. The summed E-state index contributed by atoms with van der Waals surface area (Å²) in [6, 6.07) is 11.9. The zero-order valence-electron chi connectivity index (χ0n) is 12.2. The van der Waals surface area contributed by atoms with Gasteiger partial charge in [0.25, 0.3) is 5.91 Å². The molecule has 0 unspecified atom stereocenters. The van der Waals surface area contributed by atoms with E-state index in [0.717, 1.165) is 16.7 Å². The highest BCUT2D eigenvalue weighted by atomic mass is 16.5. The van der Waals surface area contributed by atoms with E-state index in [9.17, 15) is 9.90 Å². The number of nitrogens with zero attached hydrogens (tertiary/aromatic N) is 1. The molecule has 0 spiro atoms. The van der Waals surface area contributed by atoms with Gasteiger partial charge in [0.15, 0.2) is 5.96 Å². The van der Waals surface area contributed by atoms with E-state index in [1.165, 1.54) is 0 Å². The summed E-state index contributed by atoms with van der Waals surface area (Å²) in [5, 5.41) is 9.42. The quantitative estimate of drug-likeness (QED) is 0.577. The number of benzene rings is 2. The molecule has 1 aliphatic heterocycles. The molecule has 5 N–H and O–H groups in total. The Morgan fingerprint density at radius 1 is 1.13 bits per heavy atom. The van der Waals surface area contributed by atoms with Crippen LogP contribution in [0.2, 0.25) is 0 Å². The van der Waals surface area contributed by atoms with Crippen LogP contribution < -0.4 is 16.2 Å². The molecule has 0 aliphatic carbocycles. The molecule has 0 bridgehead atoms. The van der Waals surface area contributed by atoms with Crippen molar-refractivity contribution in [3.05, 3.63) is 65.2 Å². The number of nitrogens with two attached hydrogens (primary N) is 2. The van der Waals surface area contributed by atoms with E-state index in [1.54, 1.807) is 42.5 Å². The summed E-state index contributed by atoms with van der Waals surface area (Å²) in [5.74, 6) is 0.0804. The summed E-state index contributed by atoms with van der Waals surface area (Å²) >= 11 is 0. The van der Waals surface area contributed by atoms with E-state index >= 15 is 0 Å². The highest BCUT2D eigenvalue weighted by Crippen LogP contribution is 2.35. The zero-order valence-corrected chi connectivity index (χ0v) is 12.2. The van der Waals surface area contributed by atoms with Gasteiger partial charge >= 0.3 is 0 Å². The van der Waals surface area contributed by atoms with Crippen LogP contribution in [0.5, 0.6) is 11.5 Å². The van der Waals surface area contributed by atoms with Crippen molar-refractivity contribution in [2.75, 3.05) is 6.61 Å². The Kier molecular flexibility index (Phi) is 3.72. The number of carbonyl (C=O) groups is 1. The molecule has 3 rings (SSSR count). The average Bonchev–Trinajstić information content (AvgIpc) is 2.54. The molecule has 23 heavy (non-hydrogen) atoms. The van der Waals surface area contributed by atoms with Gasteiger partial charge in [0, 0.05) is 11.1 Å². The number of aromatic hydroxyl groups is 1. The molecule has 0 aromatic heterocycles. The topological polar surface area (TPSA) is 111 Å². The van der Waals surface area contributed by atoms with Crippen molar-refractivity contribution in [2.24, 2.45) is 16.5 Å². The van der Waals surface area contributed by atoms with Crippen LogP contribution in [-0.2, 0) is 0 Å². The van der Waals surface area contributed by atoms with Gasteiger partial charge < -0.3 is 21.3 Å². The molecule has 0 radical (unpaired) electrons. The van der Waals surface area contributed by atoms with E-state index in [2.05, 4.69) is 4.99 Å². The number of amides is 1. The number of ether oxygens (including phenoxy) is 1. The van der Waals surface area contributed by atoms with Crippen LogP contribution in [0.1, 0.15) is 21.5 Å². The van der Waals surface area contributed by atoms with Gasteiger partial charge in [-0.05, 0) is 47.5 Å². The third kappa shape index (κ3) is 3.01. The molecule has 6 heteroatoms. The Bertz CT molecular complexity index is 819. The number of aliphatic imine (C=N–C) groups is 1. The summed E-state index contributed by atoms with van der Waals surface area (Å²) in [6.45, 7) is 0.435. The minimum absolute atomic E-state index is 0.193. The Balaban J connectivity index is 2.05. The third-order valence-electron chi connectivity index (χ3n) is 3.45. The van der Waals surface area contributed by atoms with Crippen molar-refractivity contribution < 1.29 is 14.6 Å². The summed E-state index contributed by atoms with van der Waals surface area (Å²) < 4.78 is 5.59. The van der Waals surface area contributed by atoms with Crippen LogP contribution in [0.15, 0.2) is 53.5 Å². The lowest BCUT2D eigenvalue weighted by atomic mass is 9.94. The maximum Gasteiger partial charge on any atom is 0.280 e. The number of hydrogen-bond acceptors (Lipinski definition) is 3. The first-order valence-corrected chi connectivity index (χ1v) is 6.95. The smallest absolute Gasteiger partial charge is 0.280 e. The molecule has 0 fully saturated rings. The molecule has 0 saturated heterocycles. The Morgan fingerprint density at radius 3 is 2.57 bits per heavy atom. The lowest BCUT2D eigenvalue weighted by molar-refractivity contribution is 0.100. The minimum Gasteiger partial charge on any atom is -0.508 e. The fourth-order valence-corrected chi connectivity index (χ4v) is 2.42. The fraction of sp³-hybridized carbons (Fsp3) is 0.0588. The Labute approximate surface area is 132 Å². The SMILES string of the molecule is NC(N)=NC(=O)c1ccc2c(c1)C(c1ccc(O)cc1)=CCO2. The molecule has 1 heterocycles. The second-order valence-electron chi connectivity index (χ2n) is 5.03. The first kappa shape index (κ1) is 14.6. The summed E-state index contributed by atoms with van der Waals surface area (Å²) in [7, 11) is 0. The third-order valence-corrected chi connectivity index (χ3v) is 3.45. The van der Waals surface area contributed by atoms with Gasteiger partial charge in [0.1, 0.15) is 18.1 Å². The van der Waals surface area contributed by atoms with Crippen LogP contribution in [0.25, 0.3) is 5.57 Å². The maximum absolute atomic E-state index is 12.0. The van der Waals surface area contributed by atoms with Crippen LogP contribution in [0.4, 0.5) is 0 Å². The van der Waals surface area contributed by atoms with Crippen LogP contribution in [-0.4, -0.2) is 23.6 Å². The summed E-state index contributed by atoms with van der Waals surface area (Å²) in [4.78, 5) is 15.5. The van der Waals surface area contributed by atoms with E-state index in [-0.39, 0.29) is 11.7 Å². The molecular weight excluding hydrogens is 294 g/mol. The maximum atomic E-state index is 12.0. The molecule has 0 saturated carbocycles. The van der Waals surface area contributed by atoms with Crippen LogP contribution >= 0.6 is 0 Å². The lowest BCUT2D eigenvalue weighted by Gasteiger charge is -2.19. The van der Waals surface area contributed by atoms with Crippen molar-refractivity contribution in [3.63, 3.8) is 0 Å². The second-order valence-corrected chi connectivity index (χ2v) is 5.03. The van der Waals surface area contributed by atoms with Crippen molar-refractivity contribution in [3.8, 4) is 11.5 Å². The van der Waals surface area contributed by atoms with Crippen molar-refractivity contribution in [2.45, 2.75) is 0 Å². The zero-order chi connectivity index (χ0) is 16.4. The molecule has 6 nitrogen and oxygen atoms in total. The molecule has 2 aromatic rings. The van der Waals surface area contributed by atoms with Crippen LogP contribution in [0, 0.1) is 0 Å². The molecule has 0 atom stereocenters. The summed E-state index contributed by atoms with van der Waals surface area (Å²) in [6.07, 6.45) is 1.92. The van der Waals surface area contributed by atoms with E-state index in [4.69, 9.17) is 16.2 Å². The van der Waals surface area contributed by atoms with Gasteiger partial charge in [-0.3, -0.25) is 4.79 Å². The largest absolute Gasteiger partial charge is 0.508 e. The monoisotopic (exact) mass is 309 g/mol. The van der Waals surface area contributed by atoms with Crippen LogP contribution in [0.3, 0.4) is 0 Å². The van der Waals surface area contributed by atoms with Crippen molar-refractivity contribution in [1.82, 2.24) is 0 Å². The standard InChI is InChI=1S/C17H15N3O3/c18-17(19)20-16(22)11-3-6-15-14(9-11)13(7-8-23-15)10-1-4-12(21)5-2-10/h1-7,9,21H,8H2,(H4,18,19,20,22). The highest BCUT2D eigenvalue weighted by Gasteiger charge is 2.18. The number of guanidine groups is 1. The molecule has 2 aromatic carbocycles. The van der Waals surface area contributed by atoms with Gasteiger partial charge in [0.05, 0.1) is 0 Å². The molecule has 116 valence electrons. The van der Waals surface area contributed by atoms with Gasteiger partial charge in [-0.1, -0.05) is 12.1 Å². The molecular formula is C17H15N3O3. The number of phenols is 1. The van der Waals surface area contributed by atoms with Gasteiger partial charge in [-0.2, -0.15) is 4.99 Å². The second kappa shape index (κ2) is 5.84. The predicted octanol–water partition coefficient (Wildman–Crippen LogP) is 1.63. The number of rotatable bonds is 2. The highest BCUT2D eigenvalue weighted by molar-refractivity contribution is 6.03. The Hall–Kier alpha value is -3.28. The van der Waals surface area contributed by atoms with E-state index < -0.39 is 5.91 Å². The lowest BCUT2D eigenvalue weighted by Crippen LogP contribution is -2.24. The summed E-state index contributed by atoms with van der Waals surface area (Å²) in [5.41, 5.74) is 13.5. The molecule has 1 amide bonds. The van der Waals surface area contributed by atoms with E-state index in [0.29, 0.717) is 17.9 Å². The normalized spacial score (nSPS) is 12.6. The number of hydrogen-bond donors (Lipinski definition) is 3. The minimum atomic E-state index is -0.511. The first-order chi connectivity index (χ1) is 11.0.